The Balaban J connectivity index is 3.47. The first-order chi connectivity index (χ1) is 4.45. The van der Waals surface area contributed by atoms with Crippen molar-refractivity contribution in [3.05, 3.63) is 0 Å². The summed E-state index contributed by atoms with van der Waals surface area (Å²) in [6.07, 6.45) is 0.185. The van der Waals surface area contributed by atoms with Gasteiger partial charge in [-0.05, 0) is 27.7 Å². The van der Waals surface area contributed by atoms with Crippen LogP contribution in [0.2, 0.25) is 0 Å². The summed E-state index contributed by atoms with van der Waals surface area (Å²) in [4.78, 5) is 0. The molecule has 0 amide bonds. The summed E-state index contributed by atoms with van der Waals surface area (Å²) in [5.74, 6) is 0. The minimum atomic E-state index is -0.0576. The molecule has 2 heteroatoms. The maximum atomic E-state index is 5.55. The molecule has 10 heavy (non-hydrogen) atoms. The first kappa shape index (κ1) is 9.92. The van der Waals surface area contributed by atoms with Crippen molar-refractivity contribution < 1.29 is 9.47 Å². The van der Waals surface area contributed by atoms with Crippen molar-refractivity contribution in [3.8, 4) is 0 Å². The SMILES string of the molecule is COC[C@H](C)OC(C)(C)C. The van der Waals surface area contributed by atoms with E-state index in [9.17, 15) is 0 Å². The maximum absolute atomic E-state index is 5.55. The summed E-state index contributed by atoms with van der Waals surface area (Å²) in [6, 6.07) is 0. The van der Waals surface area contributed by atoms with Gasteiger partial charge in [-0.1, -0.05) is 0 Å². The van der Waals surface area contributed by atoms with Crippen molar-refractivity contribution in [3.63, 3.8) is 0 Å². The monoisotopic (exact) mass is 146 g/mol. The van der Waals surface area contributed by atoms with E-state index in [1.54, 1.807) is 7.11 Å². The fraction of sp³-hybridized carbons (Fsp3) is 1.00. The molecule has 0 heterocycles. The summed E-state index contributed by atoms with van der Waals surface area (Å²) >= 11 is 0. The van der Waals surface area contributed by atoms with E-state index in [1.165, 1.54) is 0 Å². The van der Waals surface area contributed by atoms with E-state index in [2.05, 4.69) is 0 Å². The number of ether oxygens (including phenoxy) is 2. The molecule has 0 saturated carbocycles. The lowest BCUT2D eigenvalue weighted by Gasteiger charge is -2.24. The van der Waals surface area contributed by atoms with Crippen LogP contribution in [0, 0.1) is 0 Å². The van der Waals surface area contributed by atoms with E-state index in [-0.39, 0.29) is 11.7 Å². The summed E-state index contributed by atoms with van der Waals surface area (Å²) in [7, 11) is 1.68. The Hall–Kier alpha value is -0.0800. The van der Waals surface area contributed by atoms with Crippen LogP contribution in [0.3, 0.4) is 0 Å². The molecule has 62 valence electrons. The molecule has 0 aromatic rings. The van der Waals surface area contributed by atoms with Gasteiger partial charge in [0.25, 0.3) is 0 Å². The Morgan fingerprint density at radius 1 is 1.30 bits per heavy atom. The molecule has 0 fully saturated rings. The van der Waals surface area contributed by atoms with Crippen LogP contribution in [0.4, 0.5) is 0 Å². The van der Waals surface area contributed by atoms with Crippen LogP contribution in [0.15, 0.2) is 0 Å². The van der Waals surface area contributed by atoms with Crippen LogP contribution in [0.25, 0.3) is 0 Å². The fourth-order valence-electron chi connectivity index (χ4n) is 0.872. The van der Waals surface area contributed by atoms with Gasteiger partial charge in [-0.2, -0.15) is 0 Å². The molecule has 0 unspecified atom stereocenters. The average molecular weight is 146 g/mol. The second-order valence-electron chi connectivity index (χ2n) is 3.50. The number of rotatable bonds is 3. The molecule has 0 N–H and O–H groups in total. The zero-order valence-electron chi connectivity index (χ0n) is 7.60. The van der Waals surface area contributed by atoms with Crippen LogP contribution in [0.5, 0.6) is 0 Å². The van der Waals surface area contributed by atoms with Crippen molar-refractivity contribution in [2.45, 2.75) is 39.4 Å². The molecule has 0 radical (unpaired) electrons. The molecule has 0 aromatic heterocycles. The highest BCUT2D eigenvalue weighted by molar-refractivity contribution is 4.62. The molecule has 0 aliphatic rings. The van der Waals surface area contributed by atoms with E-state index < -0.39 is 0 Å². The lowest BCUT2D eigenvalue weighted by atomic mass is 10.2. The molecule has 0 aliphatic heterocycles. The van der Waals surface area contributed by atoms with Crippen LogP contribution in [0.1, 0.15) is 27.7 Å². The molecule has 0 saturated heterocycles. The van der Waals surface area contributed by atoms with Crippen molar-refractivity contribution >= 4 is 0 Å². The lowest BCUT2D eigenvalue weighted by molar-refractivity contribution is -0.0774. The van der Waals surface area contributed by atoms with Crippen LogP contribution >= 0.6 is 0 Å². The average Bonchev–Trinajstić information content (AvgIpc) is 1.59. The highest BCUT2D eigenvalue weighted by Gasteiger charge is 2.14. The quantitative estimate of drug-likeness (QED) is 0.605. The largest absolute Gasteiger partial charge is 0.382 e. The molecule has 2 nitrogen and oxygen atoms in total. The fourth-order valence-corrected chi connectivity index (χ4v) is 0.872. The van der Waals surface area contributed by atoms with Gasteiger partial charge in [0.1, 0.15) is 0 Å². The van der Waals surface area contributed by atoms with Crippen molar-refractivity contribution in [1.82, 2.24) is 0 Å². The van der Waals surface area contributed by atoms with E-state index in [0.29, 0.717) is 6.61 Å². The maximum Gasteiger partial charge on any atom is 0.0787 e. The third kappa shape index (κ3) is 6.05. The van der Waals surface area contributed by atoms with E-state index in [1.807, 2.05) is 27.7 Å². The first-order valence-corrected chi connectivity index (χ1v) is 3.62. The minimum Gasteiger partial charge on any atom is -0.382 e. The Bertz CT molecular complexity index is 83.7. The van der Waals surface area contributed by atoms with E-state index in [0.717, 1.165) is 0 Å². The Morgan fingerprint density at radius 3 is 2.10 bits per heavy atom. The van der Waals surface area contributed by atoms with E-state index >= 15 is 0 Å². The van der Waals surface area contributed by atoms with Gasteiger partial charge in [-0.3, -0.25) is 0 Å². The third-order valence-corrected chi connectivity index (χ3v) is 0.956. The Kier molecular flexibility index (Phi) is 3.91. The van der Waals surface area contributed by atoms with Gasteiger partial charge < -0.3 is 9.47 Å². The zero-order chi connectivity index (χ0) is 8.20. The topological polar surface area (TPSA) is 18.5 Å². The molecule has 0 bridgehead atoms. The smallest absolute Gasteiger partial charge is 0.0787 e. The molecular formula is C8H18O2. The van der Waals surface area contributed by atoms with Crippen LogP contribution in [-0.4, -0.2) is 25.4 Å². The summed E-state index contributed by atoms with van der Waals surface area (Å²) < 4.78 is 10.5. The predicted octanol–water partition coefficient (Wildman–Crippen LogP) is 1.84. The van der Waals surface area contributed by atoms with Gasteiger partial charge >= 0.3 is 0 Å². The molecule has 0 aliphatic carbocycles. The number of hydrogen-bond acceptors (Lipinski definition) is 2. The second kappa shape index (κ2) is 3.94. The number of methoxy groups -OCH3 is 1. The molecule has 0 spiro atoms. The number of hydrogen-bond donors (Lipinski definition) is 0. The molecule has 0 aromatic carbocycles. The Morgan fingerprint density at radius 2 is 1.80 bits per heavy atom. The lowest BCUT2D eigenvalue weighted by Crippen LogP contribution is -2.28. The highest BCUT2D eigenvalue weighted by atomic mass is 16.5. The Labute approximate surface area is 63.5 Å². The predicted molar refractivity (Wildman–Crippen MR) is 42.2 cm³/mol. The molecule has 1 atom stereocenters. The van der Waals surface area contributed by atoms with Gasteiger partial charge in [-0.15, -0.1) is 0 Å². The standard InChI is InChI=1S/C8H18O2/c1-7(6-9-5)10-8(2,3)4/h7H,6H2,1-5H3/t7-/m0/s1. The summed E-state index contributed by atoms with van der Waals surface area (Å²) in [5.41, 5.74) is -0.0576. The second-order valence-corrected chi connectivity index (χ2v) is 3.50. The third-order valence-electron chi connectivity index (χ3n) is 0.956. The summed E-state index contributed by atoms with van der Waals surface area (Å²) in [5, 5.41) is 0. The van der Waals surface area contributed by atoms with Crippen molar-refractivity contribution in [1.29, 1.82) is 0 Å². The highest BCUT2D eigenvalue weighted by Crippen LogP contribution is 2.10. The van der Waals surface area contributed by atoms with Gasteiger partial charge in [0.05, 0.1) is 18.3 Å². The van der Waals surface area contributed by atoms with Gasteiger partial charge in [0.15, 0.2) is 0 Å². The van der Waals surface area contributed by atoms with Crippen molar-refractivity contribution in [2.24, 2.45) is 0 Å². The summed E-state index contributed by atoms with van der Waals surface area (Å²) in [6.45, 7) is 8.80. The zero-order valence-corrected chi connectivity index (χ0v) is 7.60. The van der Waals surface area contributed by atoms with Gasteiger partial charge in [-0.25, -0.2) is 0 Å². The molecular weight excluding hydrogens is 128 g/mol. The van der Waals surface area contributed by atoms with Crippen LogP contribution < -0.4 is 0 Å². The van der Waals surface area contributed by atoms with E-state index in [4.69, 9.17) is 9.47 Å². The van der Waals surface area contributed by atoms with Gasteiger partial charge in [0, 0.05) is 7.11 Å². The van der Waals surface area contributed by atoms with Gasteiger partial charge in [0.2, 0.25) is 0 Å². The first-order valence-electron chi connectivity index (χ1n) is 3.62. The normalized spacial score (nSPS) is 15.3. The minimum absolute atomic E-state index is 0.0576. The van der Waals surface area contributed by atoms with Crippen LogP contribution in [-0.2, 0) is 9.47 Å². The van der Waals surface area contributed by atoms with Crippen molar-refractivity contribution in [2.75, 3.05) is 13.7 Å². The molecule has 0 rings (SSSR count).